The van der Waals surface area contributed by atoms with Crippen LogP contribution in [0.25, 0.3) is 0 Å². The number of carbonyl (C=O) groups is 3. The van der Waals surface area contributed by atoms with Crippen LogP contribution in [-0.4, -0.2) is 140 Å². The van der Waals surface area contributed by atoms with Crippen LogP contribution >= 0.6 is 0 Å². The molecule has 0 saturated carbocycles. The van der Waals surface area contributed by atoms with Crippen molar-refractivity contribution in [3.8, 4) is 0 Å². The normalized spacial score (nSPS) is 12.8. The molecule has 0 aliphatic carbocycles. The zero-order valence-corrected chi connectivity index (χ0v) is 23.3. The van der Waals surface area contributed by atoms with Gasteiger partial charge in [0.15, 0.2) is 0 Å². The smallest absolute Gasteiger partial charge is 0.305 e. The molecule has 0 unspecified atom stereocenters. The quantitative estimate of drug-likeness (QED) is 0.109. The highest BCUT2D eigenvalue weighted by atomic mass is 16.7. The van der Waals surface area contributed by atoms with Crippen molar-refractivity contribution in [2.24, 2.45) is 0 Å². The van der Waals surface area contributed by atoms with Crippen LogP contribution in [0.5, 0.6) is 0 Å². The van der Waals surface area contributed by atoms with Crippen LogP contribution in [0.4, 0.5) is 0 Å². The van der Waals surface area contributed by atoms with E-state index in [4.69, 9.17) is 47.8 Å². The number of amides is 2. The van der Waals surface area contributed by atoms with E-state index in [9.17, 15) is 14.4 Å². The highest BCUT2D eigenvalue weighted by molar-refractivity contribution is 6.20. The molecule has 41 heavy (non-hydrogen) atoms. The van der Waals surface area contributed by atoms with E-state index in [1.807, 2.05) is 0 Å². The topological polar surface area (TPSA) is 158 Å². The summed E-state index contributed by atoms with van der Waals surface area (Å²) in [5.74, 6) is -1.82. The lowest BCUT2D eigenvalue weighted by molar-refractivity contribution is -0.138. The second kappa shape index (κ2) is 23.1. The van der Waals surface area contributed by atoms with E-state index in [2.05, 4.69) is 0 Å². The number of carboxylic acid groups (broad SMARTS) is 1. The molecular formula is C27H41NO13. The highest BCUT2D eigenvalue weighted by Crippen LogP contribution is 2.22. The average Bonchev–Trinajstić information content (AvgIpc) is 3.21. The Hall–Kier alpha value is -2.53. The summed E-state index contributed by atoms with van der Waals surface area (Å²) >= 11 is 0. The fourth-order valence-electron chi connectivity index (χ4n) is 3.27. The summed E-state index contributed by atoms with van der Waals surface area (Å²) in [6.07, 6.45) is -0.0106. The number of hydroxylamine groups is 2. The summed E-state index contributed by atoms with van der Waals surface area (Å²) in [6.45, 7) is 6.40. The average molecular weight is 588 g/mol. The summed E-state index contributed by atoms with van der Waals surface area (Å²) < 4.78 is 42.8. The molecule has 2 amide bonds. The fourth-order valence-corrected chi connectivity index (χ4v) is 3.27. The summed E-state index contributed by atoms with van der Waals surface area (Å²) in [4.78, 5) is 39.9. The van der Waals surface area contributed by atoms with Crippen LogP contribution in [0.15, 0.2) is 24.3 Å². The van der Waals surface area contributed by atoms with Gasteiger partial charge in [-0.1, -0.05) is 12.1 Å². The van der Waals surface area contributed by atoms with Crippen LogP contribution in [0.2, 0.25) is 0 Å². The number of fused-ring (bicyclic) bond motifs is 1. The van der Waals surface area contributed by atoms with Gasteiger partial charge in [0.2, 0.25) is 0 Å². The van der Waals surface area contributed by atoms with Crippen molar-refractivity contribution in [1.82, 2.24) is 5.06 Å². The Balaban J connectivity index is 1.22. The van der Waals surface area contributed by atoms with Crippen molar-refractivity contribution in [3.05, 3.63) is 35.4 Å². The predicted octanol–water partition coefficient (Wildman–Crippen LogP) is 0.822. The molecule has 0 aromatic heterocycles. The first-order valence-corrected chi connectivity index (χ1v) is 13.6. The molecule has 232 valence electrons. The van der Waals surface area contributed by atoms with Crippen molar-refractivity contribution in [3.63, 3.8) is 0 Å². The van der Waals surface area contributed by atoms with Crippen LogP contribution in [0, 0.1) is 0 Å². The van der Waals surface area contributed by atoms with Crippen molar-refractivity contribution >= 4 is 17.8 Å². The van der Waals surface area contributed by atoms with Crippen LogP contribution in [-0.2, 0) is 47.5 Å². The van der Waals surface area contributed by atoms with Crippen LogP contribution < -0.4 is 0 Å². The van der Waals surface area contributed by atoms with E-state index in [0.717, 1.165) is 5.06 Å². The number of rotatable bonds is 28. The molecule has 14 nitrogen and oxygen atoms in total. The minimum absolute atomic E-state index is 0.0106. The first kappa shape index (κ1) is 34.7. The summed E-state index contributed by atoms with van der Waals surface area (Å²) in [7, 11) is 0. The van der Waals surface area contributed by atoms with Crippen LogP contribution in [0.3, 0.4) is 0 Å². The molecule has 0 radical (unpaired) electrons. The number of hydrogen-bond donors (Lipinski definition) is 1. The third kappa shape index (κ3) is 15.9. The Bertz CT molecular complexity index is 834. The van der Waals surface area contributed by atoms with Crippen molar-refractivity contribution in [2.75, 3.05) is 112 Å². The number of imide groups is 1. The zero-order chi connectivity index (χ0) is 29.4. The SMILES string of the molecule is O=C(O)CCOCCOCCOCCOCCOCCOCCOCCOCCON1C(=O)c2ccccc2C1=O. The molecular weight excluding hydrogens is 546 g/mol. The van der Waals surface area contributed by atoms with Gasteiger partial charge in [-0.25, -0.2) is 0 Å². The summed E-state index contributed by atoms with van der Waals surface area (Å²) in [6, 6.07) is 6.58. The molecule has 1 heterocycles. The molecule has 0 bridgehead atoms. The highest BCUT2D eigenvalue weighted by Gasteiger charge is 2.36. The number of benzene rings is 1. The zero-order valence-electron chi connectivity index (χ0n) is 23.3. The van der Waals surface area contributed by atoms with Crippen molar-refractivity contribution in [1.29, 1.82) is 0 Å². The lowest BCUT2D eigenvalue weighted by atomic mass is 10.1. The first-order valence-electron chi connectivity index (χ1n) is 13.6. The maximum absolute atomic E-state index is 12.2. The molecule has 14 heteroatoms. The van der Waals surface area contributed by atoms with Gasteiger partial charge >= 0.3 is 5.97 Å². The number of carbonyl (C=O) groups excluding carboxylic acids is 2. The molecule has 0 atom stereocenters. The Kier molecular flexibility index (Phi) is 19.5. The van der Waals surface area contributed by atoms with Gasteiger partial charge in [-0.15, -0.1) is 5.06 Å². The lowest BCUT2D eigenvalue weighted by Gasteiger charge is -2.13. The van der Waals surface area contributed by atoms with E-state index in [1.165, 1.54) is 0 Å². The number of hydrogen-bond acceptors (Lipinski definition) is 12. The van der Waals surface area contributed by atoms with Gasteiger partial charge in [-0.2, -0.15) is 0 Å². The molecule has 0 fully saturated rings. The maximum Gasteiger partial charge on any atom is 0.305 e. The number of aliphatic carboxylic acids is 1. The Morgan fingerprint density at radius 1 is 0.512 bits per heavy atom. The van der Waals surface area contributed by atoms with Gasteiger partial charge in [0.1, 0.15) is 0 Å². The van der Waals surface area contributed by atoms with E-state index >= 15 is 0 Å². The number of ether oxygens (including phenoxy) is 8. The molecule has 1 aliphatic heterocycles. The Morgan fingerprint density at radius 2 is 0.805 bits per heavy atom. The van der Waals surface area contributed by atoms with E-state index < -0.39 is 17.8 Å². The Labute approximate surface area is 239 Å². The van der Waals surface area contributed by atoms with E-state index in [-0.39, 0.29) is 26.2 Å². The second-order valence-corrected chi connectivity index (χ2v) is 8.33. The predicted molar refractivity (Wildman–Crippen MR) is 142 cm³/mol. The number of nitrogens with zero attached hydrogens (tertiary/aromatic N) is 1. The van der Waals surface area contributed by atoms with Gasteiger partial charge < -0.3 is 43.0 Å². The van der Waals surface area contributed by atoms with Gasteiger partial charge in [-0.05, 0) is 12.1 Å². The van der Waals surface area contributed by atoms with Crippen molar-refractivity contribution in [2.45, 2.75) is 6.42 Å². The third-order valence-corrected chi connectivity index (χ3v) is 5.27. The minimum atomic E-state index is -0.882. The molecule has 0 spiro atoms. The standard InChI is InChI=1S/C27H41NO13/c29-25(30)5-6-33-7-8-34-9-10-35-11-12-36-13-14-37-15-16-38-17-18-39-19-20-40-21-22-41-28-26(31)23-3-1-2-4-24(23)27(28)32/h1-4H,5-22H2,(H,29,30). The first-order chi connectivity index (χ1) is 20.1. The summed E-state index contributed by atoms with van der Waals surface area (Å²) in [5, 5.41) is 9.24. The molecule has 1 aromatic carbocycles. The molecule has 0 saturated heterocycles. The van der Waals surface area contributed by atoms with Gasteiger partial charge in [0.05, 0.1) is 130 Å². The van der Waals surface area contributed by atoms with E-state index in [0.29, 0.717) is 104 Å². The van der Waals surface area contributed by atoms with E-state index in [1.54, 1.807) is 24.3 Å². The van der Waals surface area contributed by atoms with Crippen molar-refractivity contribution < 1.29 is 62.2 Å². The largest absolute Gasteiger partial charge is 0.481 e. The van der Waals surface area contributed by atoms with Crippen LogP contribution in [0.1, 0.15) is 27.1 Å². The second-order valence-electron chi connectivity index (χ2n) is 8.33. The fraction of sp³-hybridized carbons (Fsp3) is 0.667. The molecule has 1 N–H and O–H groups in total. The minimum Gasteiger partial charge on any atom is -0.481 e. The Morgan fingerprint density at radius 3 is 1.12 bits per heavy atom. The maximum atomic E-state index is 12.2. The third-order valence-electron chi connectivity index (χ3n) is 5.27. The van der Waals surface area contributed by atoms with Gasteiger partial charge in [-0.3, -0.25) is 19.2 Å². The molecule has 1 aromatic rings. The lowest BCUT2D eigenvalue weighted by Crippen LogP contribution is -2.31. The number of carboxylic acids is 1. The van der Waals surface area contributed by atoms with Gasteiger partial charge in [0, 0.05) is 0 Å². The summed E-state index contributed by atoms with van der Waals surface area (Å²) in [5.41, 5.74) is 0.674. The van der Waals surface area contributed by atoms with Gasteiger partial charge in [0.25, 0.3) is 11.8 Å². The molecule has 1 aliphatic rings. The monoisotopic (exact) mass is 587 g/mol. The molecule has 2 rings (SSSR count).